The van der Waals surface area contributed by atoms with Crippen LogP contribution in [0.2, 0.25) is 0 Å². The highest BCUT2D eigenvalue weighted by Crippen LogP contribution is 2.11. The quantitative estimate of drug-likeness (QED) is 0.861. The average molecular weight is 309 g/mol. The number of nitrogens with zero attached hydrogens (tertiary/aromatic N) is 1. The van der Waals surface area contributed by atoms with Crippen LogP contribution in [0.1, 0.15) is 29.4 Å². The summed E-state index contributed by atoms with van der Waals surface area (Å²) in [5, 5.41) is 10.9. The third-order valence-electron chi connectivity index (χ3n) is 2.80. The van der Waals surface area contributed by atoms with Gasteiger partial charge < -0.3 is 10.6 Å². The van der Waals surface area contributed by atoms with E-state index in [4.69, 9.17) is 0 Å². The number of hydrogen-bond acceptors (Lipinski definition) is 4. The minimum Gasteiger partial charge on any atom is -0.335 e. The summed E-state index contributed by atoms with van der Waals surface area (Å²) >= 11 is 3.35. The monoisotopic (exact) mass is 309 g/mol. The fraction of sp³-hybridized carbons (Fsp3) is 0.429. The second kappa shape index (κ2) is 7.40. The summed E-state index contributed by atoms with van der Waals surface area (Å²) < 4.78 is 0. The first-order valence-electron chi connectivity index (χ1n) is 6.67. The topological polar surface area (TPSA) is 54.0 Å². The van der Waals surface area contributed by atoms with Gasteiger partial charge in [-0.25, -0.2) is 9.78 Å². The number of thiophene rings is 1. The second-order valence-electron chi connectivity index (χ2n) is 4.60. The molecule has 2 aromatic rings. The summed E-state index contributed by atoms with van der Waals surface area (Å²) in [7, 11) is 0. The Kier molecular flexibility index (Phi) is 5.55. The van der Waals surface area contributed by atoms with Gasteiger partial charge in [-0.05, 0) is 24.8 Å². The van der Waals surface area contributed by atoms with Crippen molar-refractivity contribution < 1.29 is 4.79 Å². The van der Waals surface area contributed by atoms with Crippen molar-refractivity contribution in [2.45, 2.75) is 39.3 Å². The molecule has 0 unspecified atom stereocenters. The van der Waals surface area contributed by atoms with Gasteiger partial charge in [0.15, 0.2) is 0 Å². The predicted molar refractivity (Wildman–Crippen MR) is 84.3 cm³/mol. The first-order valence-corrected chi connectivity index (χ1v) is 8.43. The van der Waals surface area contributed by atoms with E-state index in [2.05, 4.69) is 34.0 Å². The summed E-state index contributed by atoms with van der Waals surface area (Å²) in [5.41, 5.74) is 0.924. The first kappa shape index (κ1) is 15.0. The minimum absolute atomic E-state index is 0.121. The summed E-state index contributed by atoms with van der Waals surface area (Å²) in [4.78, 5) is 17.5. The van der Waals surface area contributed by atoms with E-state index < -0.39 is 0 Å². The molecule has 0 fully saturated rings. The highest BCUT2D eigenvalue weighted by molar-refractivity contribution is 7.10. The molecule has 2 amide bonds. The van der Waals surface area contributed by atoms with Crippen LogP contribution in [0.15, 0.2) is 22.9 Å². The lowest BCUT2D eigenvalue weighted by atomic mass is 10.2. The summed E-state index contributed by atoms with van der Waals surface area (Å²) in [6, 6.07) is 4.10. The summed E-state index contributed by atoms with van der Waals surface area (Å²) in [5.74, 6) is 0. The average Bonchev–Trinajstić information content (AvgIpc) is 3.07. The maximum absolute atomic E-state index is 11.8. The van der Waals surface area contributed by atoms with Crippen LogP contribution in [0.5, 0.6) is 0 Å². The van der Waals surface area contributed by atoms with Crippen LogP contribution in [0.25, 0.3) is 0 Å². The van der Waals surface area contributed by atoms with Gasteiger partial charge in [-0.15, -0.1) is 22.7 Å². The number of aryl methyl sites for hydroxylation is 1. The lowest BCUT2D eigenvalue weighted by molar-refractivity contribution is 0.237. The molecule has 6 heteroatoms. The number of carbonyl (C=O) groups excluding carboxylic acids is 1. The molecule has 4 nitrogen and oxygen atoms in total. The third kappa shape index (κ3) is 4.61. The third-order valence-corrected chi connectivity index (χ3v) is 4.74. The fourth-order valence-corrected chi connectivity index (χ4v) is 3.40. The van der Waals surface area contributed by atoms with E-state index in [0.717, 1.165) is 23.5 Å². The molecule has 0 saturated heterocycles. The van der Waals surface area contributed by atoms with Gasteiger partial charge in [-0.2, -0.15) is 0 Å². The van der Waals surface area contributed by atoms with Gasteiger partial charge in [0.05, 0.1) is 17.2 Å². The van der Waals surface area contributed by atoms with E-state index in [9.17, 15) is 4.79 Å². The Balaban J connectivity index is 1.72. The molecule has 0 spiro atoms. The van der Waals surface area contributed by atoms with Crippen molar-refractivity contribution in [3.8, 4) is 0 Å². The van der Waals surface area contributed by atoms with E-state index in [1.165, 1.54) is 4.88 Å². The molecule has 108 valence electrons. The van der Waals surface area contributed by atoms with Crippen molar-refractivity contribution >= 4 is 28.7 Å². The molecule has 0 radical (unpaired) electrons. The maximum atomic E-state index is 11.8. The molecule has 2 rings (SSSR count). The molecule has 20 heavy (non-hydrogen) atoms. The van der Waals surface area contributed by atoms with Crippen LogP contribution in [-0.4, -0.2) is 17.1 Å². The van der Waals surface area contributed by atoms with Crippen molar-refractivity contribution in [2.75, 3.05) is 0 Å². The maximum Gasteiger partial charge on any atom is 0.315 e. The van der Waals surface area contributed by atoms with Gasteiger partial charge in [0.1, 0.15) is 0 Å². The highest BCUT2D eigenvalue weighted by atomic mass is 32.1. The van der Waals surface area contributed by atoms with Crippen LogP contribution in [0.4, 0.5) is 4.79 Å². The Morgan fingerprint density at radius 3 is 2.95 bits per heavy atom. The van der Waals surface area contributed by atoms with Crippen LogP contribution in [0, 0.1) is 0 Å². The molecule has 0 bridgehead atoms. The van der Waals surface area contributed by atoms with Crippen LogP contribution < -0.4 is 10.6 Å². The number of amides is 2. The highest BCUT2D eigenvalue weighted by Gasteiger charge is 2.09. The van der Waals surface area contributed by atoms with Crippen LogP contribution >= 0.6 is 22.7 Å². The van der Waals surface area contributed by atoms with E-state index in [1.807, 2.05) is 18.4 Å². The number of carbonyl (C=O) groups is 1. The van der Waals surface area contributed by atoms with Gasteiger partial charge in [-0.3, -0.25) is 0 Å². The number of hydrogen-bond donors (Lipinski definition) is 2. The summed E-state index contributed by atoms with van der Waals surface area (Å²) in [6.45, 7) is 4.57. The zero-order valence-electron chi connectivity index (χ0n) is 11.7. The standard InChI is InChI=1S/C14H19N3OS2/c1-3-13-17-11(9-20-13)8-15-14(18)16-10(2)7-12-5-4-6-19-12/h4-6,9-10H,3,7-8H2,1-2H3,(H2,15,16,18)/t10-/m0/s1. The van der Waals surface area contributed by atoms with E-state index in [1.54, 1.807) is 22.7 Å². The van der Waals surface area contributed by atoms with Crippen molar-refractivity contribution in [3.05, 3.63) is 38.5 Å². The molecule has 0 aliphatic heterocycles. The molecule has 0 aromatic carbocycles. The van der Waals surface area contributed by atoms with Crippen molar-refractivity contribution in [3.63, 3.8) is 0 Å². The molecular formula is C14H19N3OS2. The van der Waals surface area contributed by atoms with Gasteiger partial charge >= 0.3 is 6.03 Å². The molecule has 2 heterocycles. The first-order chi connectivity index (χ1) is 9.67. The lowest BCUT2D eigenvalue weighted by Gasteiger charge is -2.13. The number of aromatic nitrogens is 1. The number of thiazole rings is 1. The fourth-order valence-electron chi connectivity index (χ4n) is 1.82. The number of nitrogens with one attached hydrogen (secondary N) is 2. The largest absolute Gasteiger partial charge is 0.335 e. The van der Waals surface area contributed by atoms with E-state index >= 15 is 0 Å². The molecule has 0 saturated carbocycles. The molecular weight excluding hydrogens is 290 g/mol. The SMILES string of the molecule is CCc1nc(CNC(=O)N[C@@H](C)Cc2cccs2)cs1. The predicted octanol–water partition coefficient (Wildman–Crippen LogP) is 3.20. The Labute approximate surface area is 127 Å². The smallest absolute Gasteiger partial charge is 0.315 e. The lowest BCUT2D eigenvalue weighted by Crippen LogP contribution is -2.41. The Hall–Kier alpha value is -1.40. The van der Waals surface area contributed by atoms with Crippen molar-refractivity contribution in [2.24, 2.45) is 0 Å². The van der Waals surface area contributed by atoms with E-state index in [-0.39, 0.29) is 12.1 Å². The Bertz CT molecular complexity index is 536. The van der Waals surface area contributed by atoms with Gasteiger partial charge in [0.2, 0.25) is 0 Å². The zero-order chi connectivity index (χ0) is 14.4. The van der Waals surface area contributed by atoms with E-state index in [0.29, 0.717) is 6.54 Å². The zero-order valence-corrected chi connectivity index (χ0v) is 13.3. The molecule has 0 aliphatic rings. The molecule has 1 atom stereocenters. The molecule has 2 aromatic heterocycles. The normalized spacial score (nSPS) is 12.1. The van der Waals surface area contributed by atoms with Crippen LogP contribution in [0.3, 0.4) is 0 Å². The molecule has 2 N–H and O–H groups in total. The number of rotatable bonds is 6. The Morgan fingerprint density at radius 1 is 1.45 bits per heavy atom. The number of urea groups is 1. The second-order valence-corrected chi connectivity index (χ2v) is 6.57. The summed E-state index contributed by atoms with van der Waals surface area (Å²) in [6.07, 6.45) is 1.80. The van der Waals surface area contributed by atoms with Crippen molar-refractivity contribution in [1.82, 2.24) is 15.6 Å². The molecule has 0 aliphatic carbocycles. The van der Waals surface area contributed by atoms with Gasteiger partial charge in [0.25, 0.3) is 0 Å². The van der Waals surface area contributed by atoms with Crippen molar-refractivity contribution in [1.29, 1.82) is 0 Å². The van der Waals surface area contributed by atoms with Gasteiger partial charge in [-0.1, -0.05) is 13.0 Å². The van der Waals surface area contributed by atoms with Crippen LogP contribution in [-0.2, 0) is 19.4 Å². The minimum atomic E-state index is -0.139. The van der Waals surface area contributed by atoms with Gasteiger partial charge in [0, 0.05) is 22.7 Å². The Morgan fingerprint density at radius 2 is 2.30 bits per heavy atom.